The van der Waals surface area contributed by atoms with Crippen LogP contribution in [0, 0.1) is 0 Å². The zero-order valence-corrected chi connectivity index (χ0v) is 11.1. The van der Waals surface area contributed by atoms with Gasteiger partial charge in [-0.3, -0.25) is 0 Å². The van der Waals surface area contributed by atoms with Crippen molar-refractivity contribution in [3.05, 3.63) is 22.9 Å². The molecule has 0 spiro atoms. The fourth-order valence-corrected chi connectivity index (χ4v) is 1.40. The standard InChI is InChI=1S/C14H27N/c1-6-8-14(7-2)11-15-10-9-13(5)12(3)4/h11,15H,6-10H2,1-5H3/b14-11-. The van der Waals surface area contributed by atoms with E-state index in [0.717, 1.165) is 13.0 Å². The van der Waals surface area contributed by atoms with Gasteiger partial charge in [0.1, 0.15) is 0 Å². The minimum Gasteiger partial charge on any atom is -0.391 e. The largest absolute Gasteiger partial charge is 0.391 e. The molecule has 0 fully saturated rings. The van der Waals surface area contributed by atoms with E-state index in [1.54, 1.807) is 0 Å². The maximum Gasteiger partial charge on any atom is 0.0178 e. The zero-order chi connectivity index (χ0) is 11.7. The highest BCUT2D eigenvalue weighted by molar-refractivity contribution is 5.07. The Morgan fingerprint density at radius 2 is 1.73 bits per heavy atom. The third kappa shape index (κ3) is 7.24. The molecule has 0 amide bonds. The summed E-state index contributed by atoms with van der Waals surface area (Å²) in [4.78, 5) is 0. The van der Waals surface area contributed by atoms with Crippen LogP contribution < -0.4 is 5.32 Å². The van der Waals surface area contributed by atoms with Crippen molar-refractivity contribution >= 4 is 0 Å². The third-order valence-electron chi connectivity index (χ3n) is 2.83. The molecule has 0 aromatic rings. The van der Waals surface area contributed by atoms with Crippen molar-refractivity contribution in [3.8, 4) is 0 Å². The Morgan fingerprint density at radius 3 is 2.20 bits per heavy atom. The first-order valence-corrected chi connectivity index (χ1v) is 6.16. The van der Waals surface area contributed by atoms with Crippen LogP contribution in [0.2, 0.25) is 0 Å². The van der Waals surface area contributed by atoms with E-state index < -0.39 is 0 Å². The Kier molecular flexibility index (Phi) is 8.17. The lowest BCUT2D eigenvalue weighted by Crippen LogP contribution is -2.09. The second kappa shape index (κ2) is 8.58. The quantitative estimate of drug-likeness (QED) is 0.483. The van der Waals surface area contributed by atoms with Crippen molar-refractivity contribution in [2.24, 2.45) is 0 Å². The van der Waals surface area contributed by atoms with Crippen molar-refractivity contribution in [2.45, 2.75) is 60.3 Å². The number of hydrogen-bond donors (Lipinski definition) is 1. The van der Waals surface area contributed by atoms with E-state index in [4.69, 9.17) is 0 Å². The highest BCUT2D eigenvalue weighted by atomic mass is 14.8. The highest BCUT2D eigenvalue weighted by Gasteiger charge is 1.93. The van der Waals surface area contributed by atoms with Gasteiger partial charge in [-0.25, -0.2) is 0 Å². The second-order valence-corrected chi connectivity index (χ2v) is 4.39. The molecule has 0 radical (unpaired) electrons. The maximum atomic E-state index is 3.41. The van der Waals surface area contributed by atoms with E-state index >= 15 is 0 Å². The van der Waals surface area contributed by atoms with Crippen LogP contribution in [0.15, 0.2) is 22.9 Å². The average Bonchev–Trinajstić information content (AvgIpc) is 2.22. The summed E-state index contributed by atoms with van der Waals surface area (Å²) in [5, 5.41) is 3.41. The van der Waals surface area contributed by atoms with E-state index in [9.17, 15) is 0 Å². The summed E-state index contributed by atoms with van der Waals surface area (Å²) < 4.78 is 0. The number of nitrogens with one attached hydrogen (secondary N) is 1. The van der Waals surface area contributed by atoms with Crippen LogP contribution in [-0.4, -0.2) is 6.54 Å². The summed E-state index contributed by atoms with van der Waals surface area (Å²) in [5.74, 6) is 0. The molecule has 15 heavy (non-hydrogen) atoms. The topological polar surface area (TPSA) is 12.0 Å². The molecule has 0 atom stereocenters. The predicted octanol–water partition coefficient (Wildman–Crippen LogP) is 4.42. The van der Waals surface area contributed by atoms with Gasteiger partial charge in [0.05, 0.1) is 0 Å². The van der Waals surface area contributed by atoms with Crippen molar-refractivity contribution in [1.29, 1.82) is 0 Å². The molecule has 0 bridgehead atoms. The highest BCUT2D eigenvalue weighted by Crippen LogP contribution is 2.08. The molecule has 0 heterocycles. The molecule has 0 rings (SSSR count). The molecular formula is C14H27N. The van der Waals surface area contributed by atoms with Gasteiger partial charge >= 0.3 is 0 Å². The minimum absolute atomic E-state index is 1.06. The summed E-state index contributed by atoms with van der Waals surface area (Å²) in [6, 6.07) is 0. The molecule has 0 aromatic carbocycles. The summed E-state index contributed by atoms with van der Waals surface area (Å²) in [6.45, 7) is 12.1. The molecule has 0 aliphatic heterocycles. The van der Waals surface area contributed by atoms with Crippen molar-refractivity contribution < 1.29 is 0 Å². The van der Waals surface area contributed by atoms with Crippen LogP contribution in [0.4, 0.5) is 0 Å². The van der Waals surface area contributed by atoms with Gasteiger partial charge in [-0.05, 0) is 46.2 Å². The Bertz CT molecular complexity index is 219. The van der Waals surface area contributed by atoms with E-state index in [1.165, 1.54) is 36.0 Å². The van der Waals surface area contributed by atoms with Gasteiger partial charge in [-0.15, -0.1) is 0 Å². The smallest absolute Gasteiger partial charge is 0.0178 e. The van der Waals surface area contributed by atoms with E-state index in [-0.39, 0.29) is 0 Å². The molecule has 0 saturated heterocycles. The first-order valence-electron chi connectivity index (χ1n) is 6.16. The second-order valence-electron chi connectivity index (χ2n) is 4.39. The summed E-state index contributed by atoms with van der Waals surface area (Å²) in [5.41, 5.74) is 4.49. The van der Waals surface area contributed by atoms with Gasteiger partial charge < -0.3 is 5.32 Å². The van der Waals surface area contributed by atoms with Gasteiger partial charge in [0.25, 0.3) is 0 Å². The normalized spacial score (nSPS) is 11.4. The Labute approximate surface area is 95.7 Å². The number of hydrogen-bond acceptors (Lipinski definition) is 1. The summed E-state index contributed by atoms with van der Waals surface area (Å²) in [7, 11) is 0. The van der Waals surface area contributed by atoms with E-state index in [0.29, 0.717) is 0 Å². The van der Waals surface area contributed by atoms with Crippen LogP contribution in [0.3, 0.4) is 0 Å². The van der Waals surface area contributed by atoms with Crippen LogP contribution >= 0.6 is 0 Å². The summed E-state index contributed by atoms with van der Waals surface area (Å²) in [6.07, 6.45) is 7.01. The lowest BCUT2D eigenvalue weighted by molar-refractivity contribution is 0.781. The van der Waals surface area contributed by atoms with Gasteiger partial charge in [0.2, 0.25) is 0 Å². The SMILES string of the molecule is CCC/C(=C\NCCC(C)=C(C)C)CC. The molecule has 0 saturated carbocycles. The zero-order valence-electron chi connectivity index (χ0n) is 11.1. The Hall–Kier alpha value is -0.720. The first-order chi connectivity index (χ1) is 7.11. The summed E-state index contributed by atoms with van der Waals surface area (Å²) >= 11 is 0. The van der Waals surface area contributed by atoms with E-state index in [2.05, 4.69) is 46.1 Å². The minimum atomic E-state index is 1.06. The van der Waals surface area contributed by atoms with Gasteiger partial charge in [0.15, 0.2) is 0 Å². The molecular weight excluding hydrogens is 182 g/mol. The van der Waals surface area contributed by atoms with Crippen molar-refractivity contribution in [1.82, 2.24) is 5.32 Å². The molecule has 1 nitrogen and oxygen atoms in total. The van der Waals surface area contributed by atoms with Crippen molar-refractivity contribution in [2.75, 3.05) is 6.54 Å². The van der Waals surface area contributed by atoms with Gasteiger partial charge in [-0.1, -0.05) is 37.0 Å². The Balaban J connectivity index is 3.81. The molecule has 0 aromatic heterocycles. The van der Waals surface area contributed by atoms with Crippen LogP contribution in [0.25, 0.3) is 0 Å². The fraction of sp³-hybridized carbons (Fsp3) is 0.714. The maximum absolute atomic E-state index is 3.41. The molecule has 0 aliphatic carbocycles. The molecule has 1 N–H and O–H groups in total. The third-order valence-corrected chi connectivity index (χ3v) is 2.83. The van der Waals surface area contributed by atoms with Crippen LogP contribution in [-0.2, 0) is 0 Å². The molecule has 1 heteroatoms. The van der Waals surface area contributed by atoms with E-state index in [1.807, 2.05) is 0 Å². The van der Waals surface area contributed by atoms with Crippen LogP contribution in [0.5, 0.6) is 0 Å². The molecule has 0 unspecified atom stereocenters. The average molecular weight is 209 g/mol. The lowest BCUT2D eigenvalue weighted by Gasteiger charge is -2.06. The Morgan fingerprint density at radius 1 is 1.07 bits per heavy atom. The lowest BCUT2D eigenvalue weighted by atomic mass is 10.1. The number of rotatable bonds is 7. The van der Waals surface area contributed by atoms with Crippen molar-refractivity contribution in [3.63, 3.8) is 0 Å². The monoisotopic (exact) mass is 209 g/mol. The fourth-order valence-electron chi connectivity index (χ4n) is 1.40. The van der Waals surface area contributed by atoms with Gasteiger partial charge in [0, 0.05) is 6.54 Å². The molecule has 88 valence electrons. The first kappa shape index (κ1) is 14.3. The molecule has 0 aliphatic rings. The predicted molar refractivity (Wildman–Crippen MR) is 69.9 cm³/mol. The number of allylic oxidation sites excluding steroid dienone is 2. The van der Waals surface area contributed by atoms with Gasteiger partial charge in [-0.2, -0.15) is 0 Å². The van der Waals surface area contributed by atoms with Crippen LogP contribution in [0.1, 0.15) is 60.3 Å².